The number of hydrogen-bond donors (Lipinski definition) is 1. The maximum absolute atomic E-state index is 12.5. The maximum Gasteiger partial charge on any atom is 0.251 e. The van der Waals surface area contributed by atoms with Crippen LogP contribution in [0.2, 0.25) is 5.02 Å². The van der Waals surface area contributed by atoms with Crippen molar-refractivity contribution in [3.8, 4) is 11.5 Å². The van der Waals surface area contributed by atoms with Crippen molar-refractivity contribution < 1.29 is 14.3 Å². The van der Waals surface area contributed by atoms with E-state index in [1.54, 1.807) is 12.1 Å². The summed E-state index contributed by atoms with van der Waals surface area (Å²) in [5.74, 6) is 1.29. The van der Waals surface area contributed by atoms with Crippen molar-refractivity contribution in [3.05, 3.63) is 58.6 Å². The van der Waals surface area contributed by atoms with Gasteiger partial charge in [0.05, 0.1) is 11.6 Å². The van der Waals surface area contributed by atoms with Gasteiger partial charge in [0.25, 0.3) is 5.91 Å². The van der Waals surface area contributed by atoms with Crippen molar-refractivity contribution >= 4 is 17.5 Å². The quantitative estimate of drug-likeness (QED) is 0.743. The second kappa shape index (κ2) is 8.95. The molecule has 1 aliphatic rings. The summed E-state index contributed by atoms with van der Waals surface area (Å²) in [5.41, 5.74) is 1.45. The minimum Gasteiger partial charge on any atom is -0.493 e. The van der Waals surface area contributed by atoms with Gasteiger partial charge >= 0.3 is 0 Å². The Hall–Kier alpha value is -2.20. The maximum atomic E-state index is 12.5. The lowest BCUT2D eigenvalue weighted by Gasteiger charge is -2.15. The molecule has 0 atom stereocenters. The van der Waals surface area contributed by atoms with E-state index in [0.717, 1.165) is 24.2 Å². The normalized spacial score (nSPS) is 14.2. The summed E-state index contributed by atoms with van der Waals surface area (Å²) < 4.78 is 11.5. The molecule has 26 heavy (non-hydrogen) atoms. The van der Waals surface area contributed by atoms with Crippen molar-refractivity contribution in [2.45, 2.75) is 45.3 Å². The number of hydrogen-bond acceptors (Lipinski definition) is 3. The van der Waals surface area contributed by atoms with Crippen molar-refractivity contribution in [2.75, 3.05) is 6.61 Å². The van der Waals surface area contributed by atoms with Crippen LogP contribution < -0.4 is 14.8 Å². The first-order valence-electron chi connectivity index (χ1n) is 9.11. The molecular formula is C21H24ClNO3. The molecule has 0 radical (unpaired) electrons. The molecule has 0 unspecified atom stereocenters. The van der Waals surface area contributed by atoms with Crippen LogP contribution in [0, 0.1) is 0 Å². The number of benzene rings is 2. The van der Waals surface area contributed by atoms with Crippen molar-refractivity contribution in [2.24, 2.45) is 0 Å². The molecular weight excluding hydrogens is 350 g/mol. The standard InChI is InChI=1S/C21H24ClNO3/c1-2-25-19-12-11-15(21(24)23-17-7-3-4-8-17)13-16(19)14-26-20-10-6-5-9-18(20)22/h5-6,9-13,17H,2-4,7-8,14H2,1H3,(H,23,24). The molecule has 2 aromatic carbocycles. The highest BCUT2D eigenvalue weighted by atomic mass is 35.5. The zero-order valence-corrected chi connectivity index (χ0v) is 15.7. The first-order valence-corrected chi connectivity index (χ1v) is 9.49. The van der Waals surface area contributed by atoms with Crippen molar-refractivity contribution in [3.63, 3.8) is 0 Å². The number of para-hydroxylation sites is 1. The van der Waals surface area contributed by atoms with Gasteiger partial charge in [-0.3, -0.25) is 4.79 Å². The van der Waals surface area contributed by atoms with Gasteiger partial charge in [0, 0.05) is 17.2 Å². The molecule has 0 spiro atoms. The lowest BCUT2D eigenvalue weighted by molar-refractivity contribution is 0.0937. The smallest absolute Gasteiger partial charge is 0.251 e. The summed E-state index contributed by atoms with van der Waals surface area (Å²) in [5, 5.41) is 3.67. The van der Waals surface area contributed by atoms with Gasteiger partial charge in [-0.05, 0) is 50.1 Å². The van der Waals surface area contributed by atoms with Crippen LogP contribution in [0.25, 0.3) is 0 Å². The molecule has 1 saturated carbocycles. The van der Waals surface area contributed by atoms with Crippen LogP contribution in [0.1, 0.15) is 48.5 Å². The molecule has 1 fully saturated rings. The Kier molecular flexibility index (Phi) is 6.40. The highest BCUT2D eigenvalue weighted by Gasteiger charge is 2.19. The summed E-state index contributed by atoms with van der Waals surface area (Å²) in [6.07, 6.45) is 4.49. The van der Waals surface area contributed by atoms with Gasteiger partial charge in [0.15, 0.2) is 0 Å². The molecule has 1 aliphatic carbocycles. The molecule has 1 N–H and O–H groups in total. The SMILES string of the molecule is CCOc1ccc(C(=O)NC2CCCC2)cc1COc1ccccc1Cl. The van der Waals surface area contributed by atoms with E-state index in [1.165, 1.54) is 12.8 Å². The number of nitrogens with one attached hydrogen (secondary N) is 1. The average Bonchev–Trinajstić information content (AvgIpc) is 3.15. The monoisotopic (exact) mass is 373 g/mol. The zero-order chi connectivity index (χ0) is 18.4. The van der Waals surface area contributed by atoms with E-state index >= 15 is 0 Å². The molecule has 2 aromatic rings. The summed E-state index contributed by atoms with van der Waals surface area (Å²) in [6.45, 7) is 2.76. The molecule has 0 heterocycles. The molecule has 0 aromatic heterocycles. The Labute approximate surface area is 159 Å². The number of halogens is 1. The fourth-order valence-corrected chi connectivity index (χ4v) is 3.38. The Bertz CT molecular complexity index is 757. The second-order valence-electron chi connectivity index (χ2n) is 6.43. The van der Waals surface area contributed by atoms with E-state index in [2.05, 4.69) is 5.32 Å². The van der Waals surface area contributed by atoms with Gasteiger partial charge in [-0.1, -0.05) is 36.6 Å². The summed E-state index contributed by atoms with van der Waals surface area (Å²) >= 11 is 6.15. The van der Waals surface area contributed by atoms with Crippen LogP contribution in [0.3, 0.4) is 0 Å². The van der Waals surface area contributed by atoms with E-state index in [4.69, 9.17) is 21.1 Å². The molecule has 1 amide bonds. The van der Waals surface area contributed by atoms with Crippen molar-refractivity contribution in [1.82, 2.24) is 5.32 Å². The molecule has 0 bridgehead atoms. The number of rotatable bonds is 7. The number of amides is 1. The predicted octanol–water partition coefficient (Wildman–Crippen LogP) is 4.99. The Morgan fingerprint density at radius 3 is 2.62 bits per heavy atom. The lowest BCUT2D eigenvalue weighted by Crippen LogP contribution is -2.32. The fourth-order valence-electron chi connectivity index (χ4n) is 3.19. The number of carbonyl (C=O) groups excluding carboxylic acids is 1. The molecule has 3 rings (SSSR count). The summed E-state index contributed by atoms with van der Waals surface area (Å²) in [7, 11) is 0. The largest absolute Gasteiger partial charge is 0.493 e. The van der Waals surface area contributed by atoms with Crippen LogP contribution in [0.4, 0.5) is 0 Å². The van der Waals surface area contributed by atoms with E-state index in [0.29, 0.717) is 22.9 Å². The van der Waals surface area contributed by atoms with Gasteiger partial charge in [0.2, 0.25) is 0 Å². The second-order valence-corrected chi connectivity index (χ2v) is 6.84. The highest BCUT2D eigenvalue weighted by molar-refractivity contribution is 6.32. The van der Waals surface area contributed by atoms with Crippen LogP contribution in [-0.4, -0.2) is 18.6 Å². The van der Waals surface area contributed by atoms with E-state index in [-0.39, 0.29) is 18.6 Å². The minimum atomic E-state index is -0.0426. The Balaban J connectivity index is 1.75. The van der Waals surface area contributed by atoms with E-state index in [1.807, 2.05) is 37.3 Å². The van der Waals surface area contributed by atoms with Gasteiger partial charge in [-0.15, -0.1) is 0 Å². The zero-order valence-electron chi connectivity index (χ0n) is 15.0. The topological polar surface area (TPSA) is 47.6 Å². The molecule has 0 aliphatic heterocycles. The third-order valence-corrected chi connectivity index (χ3v) is 4.84. The van der Waals surface area contributed by atoms with Gasteiger partial charge in [-0.2, -0.15) is 0 Å². The third kappa shape index (κ3) is 4.70. The number of ether oxygens (including phenoxy) is 2. The fraction of sp³-hybridized carbons (Fsp3) is 0.381. The minimum absolute atomic E-state index is 0.0426. The third-order valence-electron chi connectivity index (χ3n) is 4.53. The summed E-state index contributed by atoms with van der Waals surface area (Å²) in [4.78, 5) is 12.5. The van der Waals surface area contributed by atoms with Crippen LogP contribution in [0.5, 0.6) is 11.5 Å². The first kappa shape index (κ1) is 18.6. The average molecular weight is 374 g/mol. The Morgan fingerprint density at radius 1 is 1.12 bits per heavy atom. The molecule has 0 saturated heterocycles. The first-order chi connectivity index (χ1) is 12.7. The van der Waals surface area contributed by atoms with E-state index in [9.17, 15) is 4.79 Å². The van der Waals surface area contributed by atoms with Crippen LogP contribution in [-0.2, 0) is 6.61 Å². The number of carbonyl (C=O) groups is 1. The van der Waals surface area contributed by atoms with E-state index < -0.39 is 0 Å². The van der Waals surface area contributed by atoms with Crippen molar-refractivity contribution in [1.29, 1.82) is 0 Å². The molecule has 4 nitrogen and oxygen atoms in total. The van der Waals surface area contributed by atoms with Gasteiger partial charge < -0.3 is 14.8 Å². The lowest BCUT2D eigenvalue weighted by atomic mass is 10.1. The molecule has 5 heteroatoms. The molecule has 138 valence electrons. The van der Waals surface area contributed by atoms with Gasteiger partial charge in [-0.25, -0.2) is 0 Å². The predicted molar refractivity (Wildman–Crippen MR) is 103 cm³/mol. The van der Waals surface area contributed by atoms with Crippen LogP contribution >= 0.6 is 11.6 Å². The van der Waals surface area contributed by atoms with Crippen LogP contribution in [0.15, 0.2) is 42.5 Å². The summed E-state index contributed by atoms with van der Waals surface area (Å²) in [6, 6.07) is 13.1. The Morgan fingerprint density at radius 2 is 1.88 bits per heavy atom. The van der Waals surface area contributed by atoms with Gasteiger partial charge in [0.1, 0.15) is 18.1 Å². The highest BCUT2D eigenvalue weighted by Crippen LogP contribution is 2.27.